The summed E-state index contributed by atoms with van der Waals surface area (Å²) < 4.78 is 41.4. The van der Waals surface area contributed by atoms with Crippen LogP contribution < -0.4 is 5.32 Å². The number of alkyl halides is 3. The number of halogens is 3. The molecule has 0 unspecified atom stereocenters. The van der Waals surface area contributed by atoms with Crippen LogP contribution in [-0.4, -0.2) is 30.4 Å². The first-order chi connectivity index (χ1) is 14.0. The molecule has 0 atom stereocenters. The molecule has 0 radical (unpaired) electrons. The average Bonchev–Trinajstić information content (AvgIpc) is 3.17. The maximum atomic E-state index is 12.9. The summed E-state index contributed by atoms with van der Waals surface area (Å²) in [6.45, 7) is 3.30. The van der Waals surface area contributed by atoms with Gasteiger partial charge in [0.15, 0.2) is 0 Å². The molecule has 3 aromatic rings. The summed E-state index contributed by atoms with van der Waals surface area (Å²) in [4.78, 5) is 22.9. The lowest BCUT2D eigenvalue weighted by Crippen LogP contribution is -2.16. The fourth-order valence-electron chi connectivity index (χ4n) is 2.99. The first-order valence-corrected chi connectivity index (χ1v) is 8.67. The first-order valence-electron chi connectivity index (χ1n) is 8.67. The topological polar surface area (TPSA) is 108 Å². The molecule has 2 aromatic heterocycles. The van der Waals surface area contributed by atoms with Gasteiger partial charge in [-0.15, -0.1) is 0 Å². The van der Waals surface area contributed by atoms with Gasteiger partial charge >= 0.3 is 11.9 Å². The number of nitro groups is 1. The third kappa shape index (κ3) is 4.16. The minimum Gasteiger partial charge on any atom is -0.317 e. The molecule has 1 aromatic carbocycles. The summed E-state index contributed by atoms with van der Waals surface area (Å²) in [6.07, 6.45) is -3.34. The predicted octanol–water partition coefficient (Wildman–Crippen LogP) is 3.46. The number of nitrogens with one attached hydrogen (secondary N) is 1. The number of rotatable bonds is 5. The summed E-state index contributed by atoms with van der Waals surface area (Å²) in [5.74, 6) is -0.785. The van der Waals surface area contributed by atoms with E-state index in [1.165, 1.54) is 17.8 Å². The molecule has 9 nitrogen and oxygen atoms in total. The second-order valence-corrected chi connectivity index (χ2v) is 6.65. The number of carbonyl (C=O) groups excluding carboxylic acids is 1. The lowest BCUT2D eigenvalue weighted by atomic mass is 10.1. The van der Waals surface area contributed by atoms with Crippen LogP contribution in [0.15, 0.2) is 30.5 Å². The zero-order valence-corrected chi connectivity index (χ0v) is 16.2. The van der Waals surface area contributed by atoms with Crippen LogP contribution in [0.5, 0.6) is 0 Å². The Bertz CT molecular complexity index is 1130. The van der Waals surface area contributed by atoms with Crippen molar-refractivity contribution in [1.29, 1.82) is 0 Å². The van der Waals surface area contributed by atoms with E-state index in [-0.39, 0.29) is 12.2 Å². The SMILES string of the molecule is Cc1nn(Cc2cccc(C(F)(F)F)c2)c(C)c1NC(=O)c1nn(C)cc1[N+](=O)[O-]. The van der Waals surface area contributed by atoms with Crippen molar-refractivity contribution < 1.29 is 22.9 Å². The first kappa shape index (κ1) is 21.0. The Balaban J connectivity index is 1.86. The van der Waals surface area contributed by atoms with Gasteiger partial charge in [-0.2, -0.15) is 23.4 Å². The average molecular weight is 422 g/mol. The van der Waals surface area contributed by atoms with E-state index in [1.807, 2.05) is 0 Å². The Hall–Kier alpha value is -3.70. The second kappa shape index (κ2) is 7.61. The molecular formula is C18H17F3N6O3. The van der Waals surface area contributed by atoms with Crippen molar-refractivity contribution in [1.82, 2.24) is 19.6 Å². The Labute approximate surface area is 168 Å². The van der Waals surface area contributed by atoms with E-state index in [4.69, 9.17) is 0 Å². The van der Waals surface area contributed by atoms with E-state index in [0.29, 0.717) is 22.6 Å². The lowest BCUT2D eigenvalue weighted by molar-refractivity contribution is -0.385. The third-order valence-corrected chi connectivity index (χ3v) is 4.43. The normalized spacial score (nSPS) is 11.5. The minimum atomic E-state index is -4.46. The molecule has 1 amide bonds. The highest BCUT2D eigenvalue weighted by molar-refractivity contribution is 6.06. The van der Waals surface area contributed by atoms with Crippen molar-refractivity contribution in [2.45, 2.75) is 26.6 Å². The zero-order valence-electron chi connectivity index (χ0n) is 16.2. The zero-order chi connectivity index (χ0) is 22.2. The van der Waals surface area contributed by atoms with Crippen LogP contribution in [0.2, 0.25) is 0 Å². The van der Waals surface area contributed by atoms with Crippen molar-refractivity contribution in [3.05, 3.63) is 68.8 Å². The molecule has 0 saturated carbocycles. The molecule has 0 aliphatic carbocycles. The monoisotopic (exact) mass is 422 g/mol. The summed E-state index contributed by atoms with van der Waals surface area (Å²) >= 11 is 0. The predicted molar refractivity (Wildman–Crippen MR) is 100 cm³/mol. The number of aryl methyl sites for hydroxylation is 2. The molecule has 0 spiro atoms. The maximum absolute atomic E-state index is 12.9. The number of carbonyl (C=O) groups is 1. The van der Waals surface area contributed by atoms with Crippen molar-refractivity contribution in [2.24, 2.45) is 7.05 Å². The summed E-state index contributed by atoms with van der Waals surface area (Å²) in [5, 5.41) is 21.8. The van der Waals surface area contributed by atoms with Gasteiger partial charge in [-0.1, -0.05) is 12.1 Å². The fourth-order valence-corrected chi connectivity index (χ4v) is 2.99. The van der Waals surface area contributed by atoms with Gasteiger partial charge in [0.25, 0.3) is 5.91 Å². The molecule has 12 heteroatoms. The van der Waals surface area contributed by atoms with Crippen molar-refractivity contribution in [3.63, 3.8) is 0 Å². The Morgan fingerprint density at radius 3 is 2.60 bits per heavy atom. The van der Waals surface area contributed by atoms with Gasteiger partial charge in [0.1, 0.15) is 6.20 Å². The molecule has 158 valence electrons. The summed E-state index contributed by atoms with van der Waals surface area (Å²) in [7, 11) is 1.45. The van der Waals surface area contributed by atoms with E-state index in [0.717, 1.165) is 23.0 Å². The molecule has 1 N–H and O–H groups in total. The highest BCUT2D eigenvalue weighted by Gasteiger charge is 2.30. The van der Waals surface area contributed by atoms with Crippen molar-refractivity contribution >= 4 is 17.3 Å². The molecule has 30 heavy (non-hydrogen) atoms. The summed E-state index contributed by atoms with van der Waals surface area (Å²) in [6, 6.07) is 4.87. The molecule has 3 rings (SSSR count). The van der Waals surface area contributed by atoms with Crippen LogP contribution in [0, 0.1) is 24.0 Å². The lowest BCUT2D eigenvalue weighted by Gasteiger charge is -2.10. The summed E-state index contributed by atoms with van der Waals surface area (Å²) in [5.41, 5.74) is 0.0231. The van der Waals surface area contributed by atoms with Gasteiger partial charge < -0.3 is 5.32 Å². The van der Waals surface area contributed by atoms with Crippen LogP contribution in [-0.2, 0) is 19.8 Å². The number of aromatic nitrogens is 4. The van der Waals surface area contributed by atoms with Crippen LogP contribution in [0.25, 0.3) is 0 Å². The van der Waals surface area contributed by atoms with E-state index in [9.17, 15) is 28.1 Å². The molecule has 0 aliphatic rings. The van der Waals surface area contributed by atoms with Gasteiger partial charge in [0, 0.05) is 7.05 Å². The number of hydrogen-bond acceptors (Lipinski definition) is 5. The van der Waals surface area contributed by atoms with E-state index in [1.54, 1.807) is 19.9 Å². The Kier molecular flexibility index (Phi) is 5.33. The van der Waals surface area contributed by atoms with Crippen LogP contribution in [0.4, 0.5) is 24.5 Å². The van der Waals surface area contributed by atoms with Crippen LogP contribution in [0.1, 0.15) is 33.0 Å². The Morgan fingerprint density at radius 1 is 1.27 bits per heavy atom. The maximum Gasteiger partial charge on any atom is 0.416 e. The number of benzene rings is 1. The largest absolute Gasteiger partial charge is 0.416 e. The van der Waals surface area contributed by atoms with Crippen LogP contribution >= 0.6 is 0 Å². The standard InChI is InChI=1S/C18H17F3N6O3/c1-10-15(22-17(28)16-14(27(29)30)9-25(3)24-16)11(2)26(23-10)8-12-5-4-6-13(7-12)18(19,20)21/h4-7,9H,8H2,1-3H3,(H,22,28). The van der Waals surface area contributed by atoms with Gasteiger partial charge in [-0.05, 0) is 31.5 Å². The smallest absolute Gasteiger partial charge is 0.317 e. The second-order valence-electron chi connectivity index (χ2n) is 6.65. The molecule has 0 bridgehead atoms. The van der Waals surface area contributed by atoms with Gasteiger partial charge in [-0.25, -0.2) is 0 Å². The molecule has 2 heterocycles. The number of amides is 1. The van der Waals surface area contributed by atoms with Crippen LogP contribution in [0.3, 0.4) is 0 Å². The highest BCUT2D eigenvalue weighted by atomic mass is 19.4. The van der Waals surface area contributed by atoms with Crippen molar-refractivity contribution in [2.75, 3.05) is 5.32 Å². The van der Waals surface area contributed by atoms with Gasteiger partial charge in [-0.3, -0.25) is 24.3 Å². The number of hydrogen-bond donors (Lipinski definition) is 1. The highest BCUT2D eigenvalue weighted by Crippen LogP contribution is 2.30. The van der Waals surface area contributed by atoms with Gasteiger partial charge in [0.2, 0.25) is 5.69 Å². The molecule has 0 saturated heterocycles. The van der Waals surface area contributed by atoms with E-state index < -0.39 is 28.3 Å². The molecule has 0 aliphatic heterocycles. The number of anilines is 1. The quantitative estimate of drug-likeness (QED) is 0.500. The fraction of sp³-hybridized carbons (Fsp3) is 0.278. The Morgan fingerprint density at radius 2 is 1.97 bits per heavy atom. The molecular weight excluding hydrogens is 405 g/mol. The third-order valence-electron chi connectivity index (χ3n) is 4.43. The number of nitrogens with zero attached hydrogens (tertiary/aromatic N) is 5. The van der Waals surface area contributed by atoms with Crippen molar-refractivity contribution in [3.8, 4) is 0 Å². The van der Waals surface area contributed by atoms with E-state index >= 15 is 0 Å². The van der Waals surface area contributed by atoms with Gasteiger partial charge in [0.05, 0.1) is 34.1 Å². The minimum absolute atomic E-state index is 0.0518. The van der Waals surface area contributed by atoms with E-state index in [2.05, 4.69) is 15.5 Å². The molecule has 0 fully saturated rings.